The lowest BCUT2D eigenvalue weighted by Crippen LogP contribution is -2.02. The van der Waals surface area contributed by atoms with Gasteiger partial charge in [-0.25, -0.2) is 4.98 Å². The smallest absolute Gasteiger partial charge is 0.196 e. The minimum Gasteiger partial charge on any atom is -0.508 e. The number of aromatic hydroxyl groups is 4. The third-order valence-electron chi connectivity index (χ3n) is 4.68. The largest absolute Gasteiger partial charge is 0.508 e. The van der Waals surface area contributed by atoms with Gasteiger partial charge in [0.1, 0.15) is 11.3 Å². The highest BCUT2D eigenvalue weighted by Crippen LogP contribution is 2.30. The molecule has 0 unspecified atom stereocenters. The lowest BCUT2D eigenvalue weighted by atomic mass is 10.00. The van der Waals surface area contributed by atoms with Crippen LogP contribution in [0, 0.1) is 0 Å². The van der Waals surface area contributed by atoms with Crippen LogP contribution < -0.4 is 0 Å². The highest BCUT2D eigenvalue weighted by Gasteiger charge is 2.16. The SMILES string of the molecule is O=C(c1ccc(O)cc1)c1ccc2ccc(/C=C/c3ccc(O)c(O)c3)nc2c1O. The van der Waals surface area contributed by atoms with Crippen LogP contribution in [0.15, 0.2) is 66.7 Å². The van der Waals surface area contributed by atoms with Crippen LogP contribution in [-0.4, -0.2) is 31.2 Å². The maximum atomic E-state index is 12.7. The zero-order valence-electron chi connectivity index (χ0n) is 15.6. The van der Waals surface area contributed by atoms with Crippen molar-refractivity contribution in [1.82, 2.24) is 4.98 Å². The number of ketones is 1. The second-order valence-corrected chi connectivity index (χ2v) is 6.73. The van der Waals surface area contributed by atoms with Gasteiger partial charge in [-0.05, 0) is 60.2 Å². The molecule has 0 fully saturated rings. The van der Waals surface area contributed by atoms with Crippen molar-refractivity contribution in [2.75, 3.05) is 0 Å². The molecular formula is C24H17NO5. The summed E-state index contributed by atoms with van der Waals surface area (Å²) in [6.07, 6.45) is 3.40. The highest BCUT2D eigenvalue weighted by molar-refractivity contribution is 6.13. The third kappa shape index (κ3) is 3.66. The number of carbonyl (C=O) groups is 1. The number of rotatable bonds is 4. The fourth-order valence-electron chi connectivity index (χ4n) is 3.06. The van der Waals surface area contributed by atoms with Gasteiger partial charge < -0.3 is 20.4 Å². The minimum atomic E-state index is -0.378. The molecule has 4 N–H and O–H groups in total. The predicted molar refractivity (Wildman–Crippen MR) is 114 cm³/mol. The van der Waals surface area contributed by atoms with E-state index in [1.54, 1.807) is 42.5 Å². The molecule has 0 aliphatic heterocycles. The van der Waals surface area contributed by atoms with Gasteiger partial charge in [0.2, 0.25) is 0 Å². The lowest BCUT2D eigenvalue weighted by molar-refractivity contribution is 0.103. The summed E-state index contributed by atoms with van der Waals surface area (Å²) in [6, 6.07) is 17.0. The molecule has 30 heavy (non-hydrogen) atoms. The van der Waals surface area contributed by atoms with Crippen LogP contribution in [0.3, 0.4) is 0 Å². The van der Waals surface area contributed by atoms with E-state index < -0.39 is 0 Å². The van der Waals surface area contributed by atoms with Crippen molar-refractivity contribution < 1.29 is 25.2 Å². The van der Waals surface area contributed by atoms with Crippen LogP contribution in [0.25, 0.3) is 23.1 Å². The number of fused-ring (bicyclic) bond motifs is 1. The Morgan fingerprint density at radius 1 is 0.767 bits per heavy atom. The van der Waals surface area contributed by atoms with Gasteiger partial charge >= 0.3 is 0 Å². The number of phenols is 4. The quantitative estimate of drug-likeness (QED) is 0.298. The van der Waals surface area contributed by atoms with Crippen molar-refractivity contribution in [2.45, 2.75) is 0 Å². The molecule has 0 saturated carbocycles. The molecular weight excluding hydrogens is 382 g/mol. The Labute approximate surface area is 171 Å². The topological polar surface area (TPSA) is 111 Å². The summed E-state index contributed by atoms with van der Waals surface area (Å²) in [5.41, 5.74) is 1.94. The number of pyridine rings is 1. The fourth-order valence-corrected chi connectivity index (χ4v) is 3.06. The predicted octanol–water partition coefficient (Wildman–Crippen LogP) is 4.46. The van der Waals surface area contributed by atoms with Gasteiger partial charge in [0.05, 0.1) is 11.3 Å². The fraction of sp³-hybridized carbons (Fsp3) is 0. The van der Waals surface area contributed by atoms with E-state index in [1.165, 1.54) is 36.4 Å². The third-order valence-corrected chi connectivity index (χ3v) is 4.68. The summed E-state index contributed by atoms with van der Waals surface area (Å²) in [6.45, 7) is 0. The summed E-state index contributed by atoms with van der Waals surface area (Å²) in [5, 5.41) is 39.7. The number of hydrogen-bond donors (Lipinski definition) is 4. The first kappa shape index (κ1) is 19.0. The number of benzene rings is 3. The first-order chi connectivity index (χ1) is 14.4. The number of nitrogens with zero attached hydrogens (tertiary/aromatic N) is 1. The van der Waals surface area contributed by atoms with E-state index in [9.17, 15) is 25.2 Å². The van der Waals surface area contributed by atoms with Gasteiger partial charge in [-0.3, -0.25) is 4.79 Å². The molecule has 0 aliphatic carbocycles. The Bertz CT molecular complexity index is 1290. The molecule has 0 aliphatic rings. The van der Waals surface area contributed by atoms with Crippen LogP contribution in [0.4, 0.5) is 0 Å². The molecule has 1 aromatic heterocycles. The van der Waals surface area contributed by atoms with Crippen LogP contribution in [0.1, 0.15) is 27.2 Å². The van der Waals surface area contributed by atoms with E-state index in [0.717, 1.165) is 0 Å². The molecule has 148 valence electrons. The van der Waals surface area contributed by atoms with E-state index >= 15 is 0 Å². The lowest BCUT2D eigenvalue weighted by Gasteiger charge is -2.08. The zero-order valence-corrected chi connectivity index (χ0v) is 15.6. The van der Waals surface area contributed by atoms with Gasteiger partial charge in [0.25, 0.3) is 0 Å². The van der Waals surface area contributed by atoms with Gasteiger partial charge in [-0.1, -0.05) is 24.3 Å². The van der Waals surface area contributed by atoms with Crippen LogP contribution in [0.5, 0.6) is 23.0 Å². The number of carbonyl (C=O) groups excluding carboxylic acids is 1. The van der Waals surface area contributed by atoms with E-state index in [2.05, 4.69) is 4.98 Å². The molecule has 3 aromatic carbocycles. The van der Waals surface area contributed by atoms with Crippen molar-refractivity contribution >= 4 is 28.8 Å². The molecule has 6 heteroatoms. The first-order valence-corrected chi connectivity index (χ1v) is 9.09. The van der Waals surface area contributed by atoms with Crippen molar-refractivity contribution in [3.8, 4) is 23.0 Å². The van der Waals surface area contributed by atoms with E-state index in [1.807, 2.05) is 0 Å². The molecule has 0 bridgehead atoms. The Hall–Kier alpha value is -4.32. The van der Waals surface area contributed by atoms with Crippen LogP contribution in [0.2, 0.25) is 0 Å². The maximum absolute atomic E-state index is 12.7. The molecule has 0 spiro atoms. The Morgan fingerprint density at radius 2 is 1.50 bits per heavy atom. The van der Waals surface area contributed by atoms with E-state index in [0.29, 0.717) is 22.2 Å². The summed E-state index contributed by atoms with van der Waals surface area (Å²) in [4.78, 5) is 17.2. The van der Waals surface area contributed by atoms with Crippen molar-refractivity contribution in [3.05, 3.63) is 89.1 Å². The normalized spacial score (nSPS) is 11.2. The van der Waals surface area contributed by atoms with Gasteiger partial charge in [0, 0.05) is 10.9 Å². The highest BCUT2D eigenvalue weighted by atomic mass is 16.3. The average molecular weight is 399 g/mol. The molecule has 1 heterocycles. The molecule has 4 aromatic rings. The second-order valence-electron chi connectivity index (χ2n) is 6.73. The van der Waals surface area contributed by atoms with E-state index in [-0.39, 0.29) is 39.9 Å². The van der Waals surface area contributed by atoms with Crippen molar-refractivity contribution in [1.29, 1.82) is 0 Å². The second kappa shape index (κ2) is 7.60. The molecule has 0 saturated heterocycles. The molecule has 0 amide bonds. The molecule has 0 radical (unpaired) electrons. The summed E-state index contributed by atoms with van der Waals surface area (Å²) in [5.74, 6) is -0.973. The maximum Gasteiger partial charge on any atom is 0.196 e. The van der Waals surface area contributed by atoms with Gasteiger partial charge in [0.15, 0.2) is 23.0 Å². The Kier molecular flexibility index (Phi) is 4.82. The molecule has 4 rings (SSSR count). The monoisotopic (exact) mass is 399 g/mol. The number of hydrogen-bond acceptors (Lipinski definition) is 6. The Balaban J connectivity index is 1.70. The zero-order chi connectivity index (χ0) is 21.3. The van der Waals surface area contributed by atoms with Crippen molar-refractivity contribution in [2.24, 2.45) is 0 Å². The van der Waals surface area contributed by atoms with Gasteiger partial charge in [-0.2, -0.15) is 0 Å². The molecule has 0 atom stereocenters. The summed E-state index contributed by atoms with van der Waals surface area (Å²) in [7, 11) is 0. The standard InChI is InChI=1S/C24H17NO5/c26-18-9-4-16(5-10-18)23(29)19-11-6-15-3-8-17(25-22(15)24(19)30)7-1-14-2-12-20(27)21(28)13-14/h1-13,26-28,30H/b7-1+. The summed E-state index contributed by atoms with van der Waals surface area (Å²) < 4.78 is 0. The number of phenolic OH excluding ortho intramolecular Hbond substituents is 4. The number of aromatic nitrogens is 1. The van der Waals surface area contributed by atoms with Crippen LogP contribution in [-0.2, 0) is 0 Å². The summed E-state index contributed by atoms with van der Waals surface area (Å²) >= 11 is 0. The Morgan fingerprint density at radius 3 is 2.23 bits per heavy atom. The van der Waals surface area contributed by atoms with Crippen molar-refractivity contribution in [3.63, 3.8) is 0 Å². The van der Waals surface area contributed by atoms with Crippen LogP contribution >= 0.6 is 0 Å². The average Bonchev–Trinajstić information content (AvgIpc) is 2.75. The minimum absolute atomic E-state index is 0.0503. The van der Waals surface area contributed by atoms with Gasteiger partial charge in [-0.15, -0.1) is 0 Å². The molecule has 6 nitrogen and oxygen atoms in total. The first-order valence-electron chi connectivity index (χ1n) is 9.09. The van der Waals surface area contributed by atoms with E-state index in [4.69, 9.17) is 0 Å².